The topological polar surface area (TPSA) is 64.7 Å². The third-order valence-electron chi connectivity index (χ3n) is 1.14. The van der Waals surface area contributed by atoms with Gasteiger partial charge in [0.1, 0.15) is 5.82 Å². The van der Waals surface area contributed by atoms with Gasteiger partial charge in [-0.25, -0.2) is 9.37 Å². The number of nitrogens with two attached hydrogens (primary N) is 1. The Morgan fingerprint density at radius 1 is 1.36 bits per heavy atom. The van der Waals surface area contributed by atoms with Crippen molar-refractivity contribution in [1.82, 2.24) is 15.0 Å². The van der Waals surface area contributed by atoms with Crippen molar-refractivity contribution >= 4 is 5.95 Å². The maximum Gasteiger partial charge on any atom is 0.223 e. The summed E-state index contributed by atoms with van der Waals surface area (Å²) in [5.74, 6) is 0.601. The average Bonchev–Trinajstić information content (AvgIpc) is 1.85. The Kier molecular flexibility index (Phi) is 1.98. The second-order valence-electron chi connectivity index (χ2n) is 2.22. The van der Waals surface area contributed by atoms with Crippen molar-refractivity contribution < 1.29 is 4.39 Å². The molecule has 11 heavy (non-hydrogen) atoms. The third kappa shape index (κ3) is 1.83. The molecular formula is C6H9FN4. The van der Waals surface area contributed by atoms with E-state index >= 15 is 0 Å². The van der Waals surface area contributed by atoms with E-state index in [9.17, 15) is 4.39 Å². The number of nitrogen functional groups attached to an aromatic ring is 1. The summed E-state index contributed by atoms with van der Waals surface area (Å²) < 4.78 is 12.6. The van der Waals surface area contributed by atoms with E-state index in [4.69, 9.17) is 5.73 Å². The Labute approximate surface area is 63.7 Å². The normalized spacial score (nSPS) is 13.0. The van der Waals surface area contributed by atoms with Gasteiger partial charge in [-0.3, -0.25) is 0 Å². The van der Waals surface area contributed by atoms with E-state index in [2.05, 4.69) is 15.0 Å². The van der Waals surface area contributed by atoms with Crippen LogP contribution in [0.3, 0.4) is 0 Å². The molecule has 1 unspecified atom stereocenters. The van der Waals surface area contributed by atoms with Gasteiger partial charge in [0.15, 0.2) is 12.0 Å². The lowest BCUT2D eigenvalue weighted by molar-refractivity contribution is 0.355. The standard InChI is InChI=1S/C6H9FN4/c1-3(7)5-9-4(2)10-6(8)11-5/h3H,1-2H3,(H2,8,9,10,11). The fourth-order valence-electron chi connectivity index (χ4n) is 0.702. The smallest absolute Gasteiger partial charge is 0.223 e. The molecule has 2 N–H and O–H groups in total. The minimum Gasteiger partial charge on any atom is -0.368 e. The molecule has 1 heterocycles. The number of anilines is 1. The highest BCUT2D eigenvalue weighted by atomic mass is 19.1. The van der Waals surface area contributed by atoms with Crippen LogP contribution in [0, 0.1) is 6.92 Å². The van der Waals surface area contributed by atoms with Crippen LogP contribution in [0.2, 0.25) is 0 Å². The van der Waals surface area contributed by atoms with Crippen molar-refractivity contribution in [2.24, 2.45) is 0 Å². The summed E-state index contributed by atoms with van der Waals surface area (Å²) in [6, 6.07) is 0. The first-order chi connectivity index (χ1) is 5.09. The quantitative estimate of drug-likeness (QED) is 0.652. The summed E-state index contributed by atoms with van der Waals surface area (Å²) in [6.45, 7) is 3.00. The molecule has 0 saturated heterocycles. The second kappa shape index (κ2) is 2.77. The van der Waals surface area contributed by atoms with Crippen molar-refractivity contribution in [3.63, 3.8) is 0 Å². The zero-order chi connectivity index (χ0) is 8.43. The maximum absolute atomic E-state index is 12.6. The Hall–Kier alpha value is -1.26. The molecule has 0 amide bonds. The molecular weight excluding hydrogens is 147 g/mol. The summed E-state index contributed by atoms with van der Waals surface area (Å²) >= 11 is 0. The summed E-state index contributed by atoms with van der Waals surface area (Å²) in [5.41, 5.74) is 5.27. The third-order valence-corrected chi connectivity index (χ3v) is 1.14. The van der Waals surface area contributed by atoms with Gasteiger partial charge in [0.2, 0.25) is 5.95 Å². The molecule has 60 valence electrons. The predicted octanol–water partition coefficient (Wildman–Crippen LogP) is 0.793. The maximum atomic E-state index is 12.6. The van der Waals surface area contributed by atoms with E-state index in [0.29, 0.717) is 5.82 Å². The van der Waals surface area contributed by atoms with Crippen molar-refractivity contribution in [2.75, 3.05) is 5.73 Å². The van der Waals surface area contributed by atoms with E-state index in [0.717, 1.165) is 0 Å². The number of rotatable bonds is 1. The number of alkyl halides is 1. The Balaban J connectivity index is 3.08. The average molecular weight is 156 g/mol. The van der Waals surface area contributed by atoms with E-state index in [1.165, 1.54) is 6.92 Å². The molecule has 0 bridgehead atoms. The molecule has 0 radical (unpaired) electrons. The summed E-state index contributed by atoms with van der Waals surface area (Å²) in [7, 11) is 0. The van der Waals surface area contributed by atoms with Gasteiger partial charge < -0.3 is 5.73 Å². The van der Waals surface area contributed by atoms with Crippen molar-refractivity contribution in [3.8, 4) is 0 Å². The van der Waals surface area contributed by atoms with Gasteiger partial charge in [-0.2, -0.15) is 9.97 Å². The van der Waals surface area contributed by atoms with Crippen LogP contribution in [0.1, 0.15) is 24.7 Å². The molecule has 5 heteroatoms. The zero-order valence-electron chi connectivity index (χ0n) is 6.37. The van der Waals surface area contributed by atoms with Crippen LogP contribution in [0.5, 0.6) is 0 Å². The van der Waals surface area contributed by atoms with Crippen LogP contribution < -0.4 is 5.73 Å². The molecule has 1 rings (SSSR count). The van der Waals surface area contributed by atoms with Gasteiger partial charge in [-0.15, -0.1) is 0 Å². The molecule has 1 aromatic rings. The largest absolute Gasteiger partial charge is 0.368 e. The van der Waals surface area contributed by atoms with Gasteiger partial charge >= 0.3 is 0 Å². The molecule has 1 atom stereocenters. The molecule has 0 spiro atoms. The van der Waals surface area contributed by atoms with Crippen LogP contribution in [0.4, 0.5) is 10.3 Å². The number of hydrogen-bond donors (Lipinski definition) is 1. The van der Waals surface area contributed by atoms with E-state index in [1.807, 2.05) is 0 Å². The molecule has 0 aliphatic rings. The number of hydrogen-bond acceptors (Lipinski definition) is 4. The minimum absolute atomic E-state index is 0.0667. The first-order valence-corrected chi connectivity index (χ1v) is 3.21. The Morgan fingerprint density at radius 2 is 2.00 bits per heavy atom. The zero-order valence-corrected chi connectivity index (χ0v) is 6.37. The highest BCUT2D eigenvalue weighted by Crippen LogP contribution is 2.11. The molecule has 0 saturated carbocycles. The van der Waals surface area contributed by atoms with Crippen LogP contribution >= 0.6 is 0 Å². The molecule has 0 aliphatic carbocycles. The molecule has 0 fully saturated rings. The van der Waals surface area contributed by atoms with Crippen LogP contribution in [0.15, 0.2) is 0 Å². The molecule has 0 aliphatic heterocycles. The van der Waals surface area contributed by atoms with Gasteiger partial charge in [-0.1, -0.05) is 0 Å². The summed E-state index contributed by atoms with van der Waals surface area (Å²) in [5, 5.41) is 0. The number of aryl methyl sites for hydroxylation is 1. The summed E-state index contributed by atoms with van der Waals surface area (Å²) in [6.07, 6.45) is -1.20. The van der Waals surface area contributed by atoms with Crippen molar-refractivity contribution in [3.05, 3.63) is 11.6 Å². The minimum atomic E-state index is -1.20. The Morgan fingerprint density at radius 3 is 2.45 bits per heavy atom. The van der Waals surface area contributed by atoms with Crippen LogP contribution in [0.25, 0.3) is 0 Å². The Bertz CT molecular complexity index is 241. The number of nitrogens with zero attached hydrogens (tertiary/aromatic N) is 3. The number of halogens is 1. The van der Waals surface area contributed by atoms with Crippen molar-refractivity contribution in [2.45, 2.75) is 20.0 Å². The predicted molar refractivity (Wildman–Crippen MR) is 38.5 cm³/mol. The lowest BCUT2D eigenvalue weighted by atomic mass is 10.4. The van der Waals surface area contributed by atoms with Gasteiger partial charge in [-0.05, 0) is 13.8 Å². The van der Waals surface area contributed by atoms with Gasteiger partial charge in [0.25, 0.3) is 0 Å². The lowest BCUT2D eigenvalue weighted by Crippen LogP contribution is -2.05. The summed E-state index contributed by atoms with van der Waals surface area (Å²) in [4.78, 5) is 11.1. The van der Waals surface area contributed by atoms with Crippen LogP contribution in [-0.4, -0.2) is 15.0 Å². The monoisotopic (exact) mass is 156 g/mol. The van der Waals surface area contributed by atoms with Crippen LogP contribution in [-0.2, 0) is 0 Å². The van der Waals surface area contributed by atoms with E-state index < -0.39 is 6.17 Å². The number of aromatic nitrogens is 3. The molecule has 0 aromatic carbocycles. The lowest BCUT2D eigenvalue weighted by Gasteiger charge is -2.01. The highest BCUT2D eigenvalue weighted by Gasteiger charge is 2.07. The first-order valence-electron chi connectivity index (χ1n) is 3.21. The first kappa shape index (κ1) is 7.84. The fraction of sp³-hybridized carbons (Fsp3) is 0.500. The van der Waals surface area contributed by atoms with E-state index in [1.54, 1.807) is 6.92 Å². The highest BCUT2D eigenvalue weighted by molar-refractivity contribution is 5.15. The van der Waals surface area contributed by atoms with E-state index in [-0.39, 0.29) is 11.8 Å². The SMILES string of the molecule is Cc1nc(N)nc(C(C)F)n1. The molecule has 4 nitrogen and oxygen atoms in total. The fourth-order valence-corrected chi connectivity index (χ4v) is 0.702. The van der Waals surface area contributed by atoms with Crippen molar-refractivity contribution in [1.29, 1.82) is 0 Å². The second-order valence-corrected chi connectivity index (χ2v) is 2.22. The van der Waals surface area contributed by atoms with Gasteiger partial charge in [0.05, 0.1) is 0 Å². The van der Waals surface area contributed by atoms with Gasteiger partial charge in [0, 0.05) is 0 Å². The molecule has 1 aromatic heterocycles.